The number of hydrogen-bond donors (Lipinski definition) is 0. The van der Waals surface area contributed by atoms with Crippen molar-refractivity contribution in [2.75, 3.05) is 106 Å². The van der Waals surface area contributed by atoms with Crippen molar-refractivity contribution in [1.29, 1.82) is 0 Å². The SMILES string of the molecule is C=C(OCCOC(=O)CCN(CCCN(C)CCCN(CCCCOC(=O)C1CCC(CCCC(C)CCCC(C)C)CC1)CCC(=O)OCCOC(=O)C1CCC(CCCC(C)CCCC(C)C)CC1)CCC(=O)OCCOC(=O)C1CCC(CCCC(C)CCCC(C)C)CC1)C1CCC(CCCC(C)CCCC(C)C)CC1. The lowest BCUT2D eigenvalue weighted by Gasteiger charge is -2.29. The fourth-order valence-electron chi connectivity index (χ4n) is 18.8. The molecule has 0 bridgehead atoms. The van der Waals surface area contributed by atoms with Crippen LogP contribution in [0.15, 0.2) is 12.3 Å². The van der Waals surface area contributed by atoms with Crippen LogP contribution in [0.2, 0.25) is 0 Å². The highest BCUT2D eigenvalue weighted by molar-refractivity contribution is 5.74. The minimum atomic E-state index is -0.370. The third kappa shape index (κ3) is 52.9. The number of allylic oxidation sites excluding steroid dienone is 1. The molecule has 0 aromatic heterocycles. The fourth-order valence-corrected chi connectivity index (χ4v) is 18.8. The molecular formula is C99H181N3O13. The largest absolute Gasteiger partial charge is 0.495 e. The summed E-state index contributed by atoms with van der Waals surface area (Å²) in [6, 6.07) is 0. The van der Waals surface area contributed by atoms with E-state index in [0.29, 0.717) is 50.5 Å². The molecule has 0 amide bonds. The molecular weight excluding hydrogens is 1440 g/mol. The van der Waals surface area contributed by atoms with Crippen molar-refractivity contribution in [2.45, 2.75) is 385 Å². The fraction of sp³-hybridized carbons (Fsp3) is 0.919. The van der Waals surface area contributed by atoms with Crippen LogP contribution in [0.3, 0.4) is 0 Å². The highest BCUT2D eigenvalue weighted by Gasteiger charge is 2.32. The third-order valence-corrected chi connectivity index (χ3v) is 26.8. The molecule has 0 heterocycles. The normalized spacial score (nSPS) is 21.2. The van der Waals surface area contributed by atoms with E-state index in [1.165, 1.54) is 167 Å². The molecule has 0 saturated heterocycles. The number of carbonyl (C=O) groups excluding carboxylic acids is 6. The summed E-state index contributed by atoms with van der Waals surface area (Å²) in [5, 5.41) is 0. The molecule has 0 N–H and O–H groups in total. The first-order valence-corrected chi connectivity index (χ1v) is 48.7. The number of esters is 6. The molecule has 670 valence electrons. The molecule has 16 heteroatoms. The van der Waals surface area contributed by atoms with Crippen LogP contribution in [0.5, 0.6) is 0 Å². The zero-order valence-corrected chi connectivity index (χ0v) is 76.9. The summed E-state index contributed by atoms with van der Waals surface area (Å²) in [5.41, 5.74) is 0. The number of rotatable bonds is 68. The smallest absolute Gasteiger partial charge is 0.309 e. The van der Waals surface area contributed by atoms with Crippen LogP contribution >= 0.6 is 0 Å². The summed E-state index contributed by atoms with van der Waals surface area (Å²) in [7, 11) is 2.12. The Morgan fingerprint density at radius 2 is 0.522 bits per heavy atom. The van der Waals surface area contributed by atoms with Crippen molar-refractivity contribution in [3.8, 4) is 0 Å². The first-order chi connectivity index (χ1) is 55.3. The molecule has 0 spiro atoms. The van der Waals surface area contributed by atoms with Crippen molar-refractivity contribution in [1.82, 2.24) is 14.7 Å². The Balaban J connectivity index is 1.23. The summed E-state index contributed by atoms with van der Waals surface area (Å²) in [5.74, 6) is 8.74. The molecule has 4 fully saturated rings. The van der Waals surface area contributed by atoms with Gasteiger partial charge in [0.05, 0.1) is 49.4 Å². The van der Waals surface area contributed by atoms with E-state index in [2.05, 4.69) is 111 Å². The van der Waals surface area contributed by atoms with Gasteiger partial charge in [0.25, 0.3) is 0 Å². The van der Waals surface area contributed by atoms with Crippen molar-refractivity contribution in [3.05, 3.63) is 12.3 Å². The van der Waals surface area contributed by atoms with E-state index < -0.39 is 0 Å². The van der Waals surface area contributed by atoms with Crippen molar-refractivity contribution < 1.29 is 61.9 Å². The van der Waals surface area contributed by atoms with Crippen LogP contribution < -0.4 is 0 Å². The third-order valence-electron chi connectivity index (χ3n) is 26.8. The summed E-state index contributed by atoms with van der Waals surface area (Å²) in [4.78, 5) is 86.2. The lowest BCUT2D eigenvalue weighted by atomic mass is 9.79. The molecule has 0 aromatic carbocycles. The zero-order chi connectivity index (χ0) is 83.8. The van der Waals surface area contributed by atoms with E-state index in [-0.39, 0.29) is 112 Å². The Morgan fingerprint density at radius 3 is 0.826 bits per heavy atom. The molecule has 4 aliphatic rings. The number of unbranched alkanes of at least 4 members (excludes halogenated alkanes) is 1. The second-order valence-electron chi connectivity index (χ2n) is 39.4. The van der Waals surface area contributed by atoms with Gasteiger partial charge in [-0.25, -0.2) is 0 Å². The quantitative estimate of drug-likeness (QED) is 0.0243. The van der Waals surface area contributed by atoms with E-state index in [4.69, 9.17) is 33.2 Å². The van der Waals surface area contributed by atoms with Gasteiger partial charge in [-0.2, -0.15) is 0 Å². The molecule has 4 unspecified atom stereocenters. The summed E-state index contributed by atoms with van der Waals surface area (Å²) >= 11 is 0. The lowest BCUT2D eigenvalue weighted by Crippen LogP contribution is -2.34. The van der Waals surface area contributed by atoms with Gasteiger partial charge in [-0.3, -0.25) is 28.8 Å². The second kappa shape index (κ2) is 64.1. The van der Waals surface area contributed by atoms with Gasteiger partial charge in [0.2, 0.25) is 0 Å². The first-order valence-electron chi connectivity index (χ1n) is 48.7. The Kier molecular flexibility index (Phi) is 57.8. The topological polar surface area (TPSA) is 177 Å². The molecule has 115 heavy (non-hydrogen) atoms. The van der Waals surface area contributed by atoms with Crippen LogP contribution in [-0.2, 0) is 61.9 Å². The lowest BCUT2D eigenvalue weighted by molar-refractivity contribution is -0.156. The van der Waals surface area contributed by atoms with Crippen LogP contribution in [0, 0.1) is 94.7 Å². The molecule has 0 aromatic rings. The van der Waals surface area contributed by atoms with E-state index in [0.717, 1.165) is 207 Å². The average molecular weight is 1620 g/mol. The molecule has 4 rings (SSSR count). The molecule has 0 radical (unpaired) electrons. The summed E-state index contributed by atoms with van der Waals surface area (Å²) in [6.07, 6.45) is 51.6. The van der Waals surface area contributed by atoms with Crippen LogP contribution in [0.4, 0.5) is 0 Å². The van der Waals surface area contributed by atoms with Gasteiger partial charge in [-0.05, 0) is 239 Å². The summed E-state index contributed by atoms with van der Waals surface area (Å²) in [6.45, 7) is 38.5. The van der Waals surface area contributed by atoms with Crippen molar-refractivity contribution >= 4 is 35.8 Å². The number of carbonyl (C=O) groups is 6. The average Bonchev–Trinajstić information content (AvgIpc) is 0.900. The number of nitrogens with zero attached hydrogens (tertiary/aromatic N) is 3. The van der Waals surface area contributed by atoms with Crippen molar-refractivity contribution in [3.63, 3.8) is 0 Å². The van der Waals surface area contributed by atoms with Crippen molar-refractivity contribution in [2.24, 2.45) is 94.7 Å². The van der Waals surface area contributed by atoms with Gasteiger partial charge >= 0.3 is 35.8 Å². The predicted octanol–water partition coefficient (Wildman–Crippen LogP) is 23.8. The number of hydrogen-bond acceptors (Lipinski definition) is 16. The standard InChI is InChI=1S/C99H181N3O13/c1-77(2)27-17-31-81(9)35-21-39-86-43-51-90(52-44-86)85(13)109-71-72-110-95(104)60-68-102(69-61-96(105)112-74-76-115-99(108)93-57-49-89(50-58-93)42-24-38-84(12)34-20-30-80(7)8)66-26-63-100(14)62-25-65-101(64-15-16-70-113-97(106)91-53-45-87(46-54-91)40-22-36-82(10)32-18-28-78(3)4)67-59-94(103)111-73-75-114-98(107)92-55-47-88(48-56-92)41-23-37-83(11)33-19-29-79(5)6/h77-84,86-93H,13,15-76H2,1-12,14H3. The summed E-state index contributed by atoms with van der Waals surface area (Å²) < 4.78 is 40.3. The van der Waals surface area contributed by atoms with Gasteiger partial charge in [0.1, 0.15) is 39.6 Å². The predicted molar refractivity (Wildman–Crippen MR) is 472 cm³/mol. The Morgan fingerprint density at radius 1 is 0.270 bits per heavy atom. The van der Waals surface area contributed by atoms with Gasteiger partial charge in [0.15, 0.2) is 0 Å². The molecule has 4 aliphatic carbocycles. The van der Waals surface area contributed by atoms with E-state index >= 15 is 0 Å². The Hall–Kier alpha value is -3.76. The maximum atomic E-state index is 13.3. The maximum absolute atomic E-state index is 13.3. The Bertz CT molecular complexity index is 2410. The molecule has 4 saturated carbocycles. The van der Waals surface area contributed by atoms with E-state index in [1.54, 1.807) is 0 Å². The molecule has 4 atom stereocenters. The second-order valence-corrected chi connectivity index (χ2v) is 39.4. The number of ether oxygens (including phenoxy) is 7. The van der Waals surface area contributed by atoms with Crippen LogP contribution in [0.25, 0.3) is 0 Å². The van der Waals surface area contributed by atoms with Crippen LogP contribution in [-0.4, -0.2) is 156 Å². The monoisotopic (exact) mass is 1620 g/mol. The van der Waals surface area contributed by atoms with E-state index in [9.17, 15) is 28.8 Å². The van der Waals surface area contributed by atoms with E-state index in [1.807, 2.05) is 0 Å². The Labute approximate surface area is 706 Å². The minimum absolute atomic E-state index is 0.00346. The highest BCUT2D eigenvalue weighted by atomic mass is 16.6. The van der Waals surface area contributed by atoms with Crippen LogP contribution in [0.1, 0.15) is 385 Å². The molecule has 16 nitrogen and oxygen atoms in total. The van der Waals surface area contributed by atoms with Gasteiger partial charge in [-0.1, -0.05) is 244 Å². The minimum Gasteiger partial charge on any atom is -0.495 e. The van der Waals surface area contributed by atoms with Gasteiger partial charge in [-0.15, -0.1) is 0 Å². The van der Waals surface area contributed by atoms with Gasteiger partial charge in [0, 0.05) is 25.6 Å². The van der Waals surface area contributed by atoms with Gasteiger partial charge < -0.3 is 47.9 Å². The maximum Gasteiger partial charge on any atom is 0.309 e. The first kappa shape index (κ1) is 104. The zero-order valence-electron chi connectivity index (χ0n) is 76.9. The highest BCUT2D eigenvalue weighted by Crippen LogP contribution is 2.39. The molecule has 0 aliphatic heterocycles.